The SMILES string of the molecule is COC(=O)C1(S(=O)(=O)c2ccc(CN3CCS(=O)(=O)c4ccccc43)cc2)CCCCC1. The molecule has 1 saturated carbocycles. The van der Waals surface area contributed by atoms with Crippen LogP contribution < -0.4 is 4.90 Å². The molecule has 1 aliphatic heterocycles. The van der Waals surface area contributed by atoms with Gasteiger partial charge in [-0.05, 0) is 42.7 Å². The van der Waals surface area contributed by atoms with Crippen molar-refractivity contribution in [3.05, 3.63) is 54.1 Å². The molecule has 2 aliphatic rings. The Hall–Kier alpha value is -2.39. The van der Waals surface area contributed by atoms with Gasteiger partial charge in [0.25, 0.3) is 0 Å². The lowest BCUT2D eigenvalue weighted by molar-refractivity contribution is -0.144. The Morgan fingerprint density at radius 2 is 1.69 bits per heavy atom. The number of sulfone groups is 2. The molecule has 0 amide bonds. The van der Waals surface area contributed by atoms with Crippen LogP contribution in [-0.2, 0) is 35.8 Å². The highest BCUT2D eigenvalue weighted by molar-refractivity contribution is 7.93. The minimum atomic E-state index is -3.92. The third-order valence-corrected chi connectivity index (χ3v) is 10.7. The van der Waals surface area contributed by atoms with Crippen molar-refractivity contribution in [2.45, 2.75) is 53.2 Å². The molecule has 172 valence electrons. The van der Waals surface area contributed by atoms with Crippen LogP contribution in [-0.4, -0.2) is 47.0 Å². The molecule has 1 heterocycles. The highest BCUT2D eigenvalue weighted by Crippen LogP contribution is 2.40. The number of esters is 1. The highest BCUT2D eigenvalue weighted by Gasteiger charge is 2.52. The standard InChI is InChI=1S/C23H27NO6S2/c1-30-22(25)23(13-5-2-6-14-23)32(28,29)19-11-9-18(10-12-19)17-24-15-16-31(26,27)21-8-4-3-7-20(21)24/h3-4,7-12H,2,5-6,13-17H2,1H3. The van der Waals surface area contributed by atoms with E-state index in [1.54, 1.807) is 36.4 Å². The van der Waals surface area contributed by atoms with Crippen LogP contribution in [0.3, 0.4) is 0 Å². The third kappa shape index (κ3) is 3.81. The number of hydrogen-bond donors (Lipinski definition) is 0. The first-order valence-corrected chi connectivity index (χ1v) is 13.8. The van der Waals surface area contributed by atoms with Gasteiger partial charge >= 0.3 is 5.97 Å². The van der Waals surface area contributed by atoms with Gasteiger partial charge in [0, 0.05) is 13.1 Å². The Labute approximate surface area is 189 Å². The van der Waals surface area contributed by atoms with Gasteiger partial charge in [0.15, 0.2) is 24.4 Å². The molecular formula is C23H27NO6S2. The summed E-state index contributed by atoms with van der Waals surface area (Å²) >= 11 is 0. The molecule has 1 fully saturated rings. The van der Waals surface area contributed by atoms with E-state index in [1.807, 2.05) is 4.90 Å². The molecule has 0 saturated heterocycles. The number of carbonyl (C=O) groups is 1. The van der Waals surface area contributed by atoms with Gasteiger partial charge in [-0.2, -0.15) is 0 Å². The summed E-state index contributed by atoms with van der Waals surface area (Å²) < 4.78 is 55.0. The lowest BCUT2D eigenvalue weighted by atomic mass is 9.88. The summed E-state index contributed by atoms with van der Waals surface area (Å²) in [7, 11) is -5.97. The summed E-state index contributed by atoms with van der Waals surface area (Å²) in [6, 6.07) is 13.4. The van der Waals surface area contributed by atoms with Gasteiger partial charge in [0.2, 0.25) is 0 Å². The molecule has 0 bridgehead atoms. The van der Waals surface area contributed by atoms with Crippen LogP contribution in [0.5, 0.6) is 0 Å². The molecule has 1 aliphatic carbocycles. The van der Waals surface area contributed by atoms with Gasteiger partial charge in [-0.3, -0.25) is 4.79 Å². The maximum Gasteiger partial charge on any atom is 0.327 e. The molecule has 0 unspecified atom stereocenters. The second-order valence-corrected chi connectivity index (χ2v) is 12.7. The van der Waals surface area contributed by atoms with Crippen molar-refractivity contribution < 1.29 is 26.4 Å². The fourth-order valence-electron chi connectivity index (χ4n) is 4.72. The third-order valence-electron chi connectivity index (χ3n) is 6.51. The van der Waals surface area contributed by atoms with Gasteiger partial charge < -0.3 is 9.64 Å². The smallest absolute Gasteiger partial charge is 0.327 e. The lowest BCUT2D eigenvalue weighted by Crippen LogP contribution is -2.48. The number of para-hydroxylation sites is 1. The van der Waals surface area contributed by atoms with E-state index in [-0.39, 0.29) is 23.5 Å². The summed E-state index contributed by atoms with van der Waals surface area (Å²) in [6.45, 7) is 0.819. The summed E-state index contributed by atoms with van der Waals surface area (Å²) in [5.74, 6) is -0.648. The lowest BCUT2D eigenvalue weighted by Gasteiger charge is -2.34. The summed E-state index contributed by atoms with van der Waals surface area (Å²) in [6.07, 6.45) is 2.78. The van der Waals surface area contributed by atoms with E-state index in [2.05, 4.69) is 0 Å². The minimum absolute atomic E-state index is 0.0398. The predicted octanol–water partition coefficient (Wildman–Crippen LogP) is 3.13. The zero-order chi connectivity index (χ0) is 23.0. The summed E-state index contributed by atoms with van der Waals surface area (Å²) in [5, 5.41) is 0. The van der Waals surface area contributed by atoms with Crippen LogP contribution >= 0.6 is 0 Å². The Morgan fingerprint density at radius 3 is 2.34 bits per heavy atom. The first-order chi connectivity index (χ1) is 15.2. The first-order valence-electron chi connectivity index (χ1n) is 10.7. The van der Waals surface area contributed by atoms with Crippen molar-refractivity contribution >= 4 is 31.3 Å². The van der Waals surface area contributed by atoms with Crippen LogP contribution in [0.1, 0.15) is 37.7 Å². The Kier molecular flexibility index (Phi) is 6.06. The maximum atomic E-state index is 13.5. The van der Waals surface area contributed by atoms with Gasteiger partial charge in [0.05, 0.1) is 28.3 Å². The number of benzene rings is 2. The number of carbonyl (C=O) groups excluding carboxylic acids is 1. The molecule has 0 radical (unpaired) electrons. The minimum Gasteiger partial charge on any atom is -0.468 e. The number of methoxy groups -OCH3 is 1. The number of rotatable bonds is 5. The molecule has 2 aromatic rings. The highest BCUT2D eigenvalue weighted by atomic mass is 32.2. The van der Waals surface area contributed by atoms with Crippen molar-refractivity contribution in [1.82, 2.24) is 0 Å². The average Bonchev–Trinajstić information content (AvgIpc) is 2.81. The van der Waals surface area contributed by atoms with Crippen molar-refractivity contribution in [2.75, 3.05) is 24.3 Å². The molecule has 0 atom stereocenters. The van der Waals surface area contributed by atoms with Gasteiger partial charge in [-0.1, -0.05) is 43.5 Å². The van der Waals surface area contributed by atoms with Gasteiger partial charge in [-0.25, -0.2) is 16.8 Å². The van der Waals surface area contributed by atoms with Crippen molar-refractivity contribution in [3.63, 3.8) is 0 Å². The van der Waals surface area contributed by atoms with Crippen LogP contribution in [0, 0.1) is 0 Å². The largest absolute Gasteiger partial charge is 0.468 e. The Bertz CT molecular complexity index is 1210. The molecule has 0 aromatic heterocycles. The quantitative estimate of drug-likeness (QED) is 0.610. The second-order valence-electron chi connectivity index (χ2n) is 8.40. The summed E-state index contributed by atoms with van der Waals surface area (Å²) in [5.41, 5.74) is 1.51. The van der Waals surface area contributed by atoms with Crippen molar-refractivity contribution in [3.8, 4) is 0 Å². The van der Waals surface area contributed by atoms with Crippen LogP contribution in [0.15, 0.2) is 58.3 Å². The van der Waals surface area contributed by atoms with Crippen LogP contribution in [0.25, 0.3) is 0 Å². The van der Waals surface area contributed by atoms with E-state index < -0.39 is 30.4 Å². The van der Waals surface area contributed by atoms with E-state index in [4.69, 9.17) is 4.74 Å². The van der Waals surface area contributed by atoms with Gasteiger partial charge in [0.1, 0.15) is 0 Å². The number of hydrogen-bond acceptors (Lipinski definition) is 7. The number of fused-ring (bicyclic) bond motifs is 1. The topological polar surface area (TPSA) is 97.8 Å². The predicted molar refractivity (Wildman–Crippen MR) is 121 cm³/mol. The zero-order valence-corrected chi connectivity index (χ0v) is 19.6. The van der Waals surface area contributed by atoms with Gasteiger partial charge in [-0.15, -0.1) is 0 Å². The van der Waals surface area contributed by atoms with E-state index in [9.17, 15) is 21.6 Å². The normalized spacial score (nSPS) is 19.7. The van der Waals surface area contributed by atoms with E-state index >= 15 is 0 Å². The van der Waals surface area contributed by atoms with Crippen LogP contribution in [0.4, 0.5) is 5.69 Å². The Morgan fingerprint density at radius 1 is 1.03 bits per heavy atom. The Balaban J connectivity index is 1.61. The second kappa shape index (κ2) is 8.51. The number of nitrogens with zero attached hydrogens (tertiary/aromatic N) is 1. The molecule has 32 heavy (non-hydrogen) atoms. The molecule has 4 rings (SSSR count). The fourth-order valence-corrected chi connectivity index (χ4v) is 8.27. The van der Waals surface area contributed by atoms with E-state index in [0.717, 1.165) is 12.0 Å². The monoisotopic (exact) mass is 477 g/mol. The van der Waals surface area contributed by atoms with E-state index in [1.165, 1.54) is 19.2 Å². The fraction of sp³-hybridized carbons (Fsp3) is 0.435. The number of ether oxygens (including phenoxy) is 1. The van der Waals surface area contributed by atoms with E-state index in [0.29, 0.717) is 36.5 Å². The van der Waals surface area contributed by atoms with Crippen molar-refractivity contribution in [1.29, 1.82) is 0 Å². The summed E-state index contributed by atoms with van der Waals surface area (Å²) in [4.78, 5) is 15.0. The number of anilines is 1. The van der Waals surface area contributed by atoms with Crippen LogP contribution in [0.2, 0.25) is 0 Å². The average molecular weight is 478 g/mol. The molecule has 7 nitrogen and oxygen atoms in total. The molecule has 0 N–H and O–H groups in total. The molecule has 0 spiro atoms. The molecule has 2 aromatic carbocycles. The molecular weight excluding hydrogens is 450 g/mol. The zero-order valence-electron chi connectivity index (χ0n) is 18.0. The first kappa shape index (κ1) is 22.8. The van der Waals surface area contributed by atoms with Crippen molar-refractivity contribution in [2.24, 2.45) is 0 Å². The maximum absolute atomic E-state index is 13.5. The molecule has 9 heteroatoms.